The Morgan fingerprint density at radius 3 is 2.46 bits per heavy atom. The molecule has 218 valence electrons. The number of carbonyl (C=O) groups is 1. The van der Waals surface area contributed by atoms with Crippen molar-refractivity contribution in [2.75, 3.05) is 13.2 Å². The molecule has 7 nitrogen and oxygen atoms in total. The molecule has 4 rings (SSSR count). The smallest absolute Gasteiger partial charge is 0.434 e. The van der Waals surface area contributed by atoms with Gasteiger partial charge in [0.2, 0.25) is 0 Å². The van der Waals surface area contributed by atoms with Crippen LogP contribution in [-0.4, -0.2) is 36.0 Å². The number of esters is 1. The summed E-state index contributed by atoms with van der Waals surface area (Å²) >= 11 is 10.3. The van der Waals surface area contributed by atoms with Gasteiger partial charge in [-0.1, -0.05) is 35.1 Å². The minimum Gasteiger partial charge on any atom is -0.490 e. The highest BCUT2D eigenvalue weighted by Crippen LogP contribution is 2.39. The number of thiazole rings is 1. The lowest BCUT2D eigenvalue weighted by Crippen LogP contribution is -2.41. The molecular formula is C28H25BrClF3N2O5S. The third-order valence-electron chi connectivity index (χ3n) is 5.76. The summed E-state index contributed by atoms with van der Waals surface area (Å²) in [6, 6.07) is 7.79. The number of ether oxygens (including phenoxy) is 3. The van der Waals surface area contributed by atoms with Crippen LogP contribution in [0.4, 0.5) is 13.2 Å². The Bertz CT molecular complexity index is 1680. The van der Waals surface area contributed by atoms with E-state index in [2.05, 4.69) is 20.9 Å². The van der Waals surface area contributed by atoms with Gasteiger partial charge in [0.1, 0.15) is 0 Å². The average molecular weight is 674 g/mol. The summed E-state index contributed by atoms with van der Waals surface area (Å²) in [5.41, 5.74) is -2.06. The van der Waals surface area contributed by atoms with Crippen LogP contribution in [0.25, 0.3) is 6.08 Å². The van der Waals surface area contributed by atoms with E-state index in [1.54, 1.807) is 12.1 Å². The fourth-order valence-corrected chi connectivity index (χ4v) is 5.92. The lowest BCUT2D eigenvalue weighted by molar-refractivity contribution is -0.140. The molecule has 0 bridgehead atoms. The molecule has 0 saturated carbocycles. The molecule has 41 heavy (non-hydrogen) atoms. The van der Waals surface area contributed by atoms with Crippen molar-refractivity contribution in [3.8, 4) is 11.5 Å². The first-order valence-corrected chi connectivity index (χ1v) is 14.5. The van der Waals surface area contributed by atoms with E-state index in [1.165, 1.54) is 37.3 Å². The zero-order valence-electron chi connectivity index (χ0n) is 22.3. The SMILES string of the molecule is CCOC(=O)C1=C(C(F)(F)F)N=c2s/c(=C\c3cc(Br)c(OC(C)C)c(OCC)c3)c(=O)n2[C@@H]1c1ccc(Cl)cc1. The number of carbonyl (C=O) groups excluding carboxylic acids is 1. The number of allylic oxidation sites excluding steroid dienone is 1. The van der Waals surface area contributed by atoms with Gasteiger partial charge in [-0.15, -0.1) is 0 Å². The van der Waals surface area contributed by atoms with E-state index in [1.807, 2.05) is 20.8 Å². The number of hydrogen-bond donors (Lipinski definition) is 0. The summed E-state index contributed by atoms with van der Waals surface area (Å²) in [6.07, 6.45) is -3.61. The molecule has 1 aliphatic rings. The van der Waals surface area contributed by atoms with Crippen molar-refractivity contribution in [3.05, 3.63) is 88.0 Å². The number of halogens is 5. The molecule has 0 spiro atoms. The van der Waals surface area contributed by atoms with Crippen molar-refractivity contribution in [1.29, 1.82) is 0 Å². The van der Waals surface area contributed by atoms with Crippen LogP contribution >= 0.6 is 38.9 Å². The minimum atomic E-state index is -4.99. The second-order valence-electron chi connectivity index (χ2n) is 9.04. The van der Waals surface area contributed by atoms with E-state index < -0.39 is 35.0 Å². The van der Waals surface area contributed by atoms with Crippen LogP contribution < -0.4 is 24.4 Å². The fraction of sp³-hybridized carbons (Fsp3) is 0.321. The second-order valence-corrected chi connectivity index (χ2v) is 11.3. The van der Waals surface area contributed by atoms with Crippen molar-refractivity contribution in [2.24, 2.45) is 4.99 Å². The van der Waals surface area contributed by atoms with E-state index in [9.17, 15) is 22.8 Å². The number of rotatable bonds is 8. The molecule has 3 aromatic rings. The lowest BCUT2D eigenvalue weighted by Gasteiger charge is -2.26. The monoisotopic (exact) mass is 672 g/mol. The molecule has 1 aliphatic heterocycles. The summed E-state index contributed by atoms with van der Waals surface area (Å²) in [5, 5.41) is 0.333. The molecule has 0 radical (unpaired) electrons. The molecule has 2 aromatic carbocycles. The van der Waals surface area contributed by atoms with E-state index in [0.717, 1.165) is 15.9 Å². The summed E-state index contributed by atoms with van der Waals surface area (Å²) < 4.78 is 61.2. The molecule has 0 aliphatic carbocycles. The zero-order chi connectivity index (χ0) is 30.1. The van der Waals surface area contributed by atoms with Gasteiger partial charge in [0.25, 0.3) is 5.56 Å². The first-order valence-electron chi connectivity index (χ1n) is 12.5. The summed E-state index contributed by atoms with van der Waals surface area (Å²) in [6.45, 7) is 7.21. The zero-order valence-corrected chi connectivity index (χ0v) is 25.5. The van der Waals surface area contributed by atoms with Crippen LogP contribution in [0.1, 0.15) is 44.9 Å². The number of aromatic nitrogens is 1. The summed E-state index contributed by atoms with van der Waals surface area (Å²) in [4.78, 5) is 30.3. The van der Waals surface area contributed by atoms with Crippen LogP contribution in [0.5, 0.6) is 11.5 Å². The standard InChI is InChI=1S/C28H25BrClF3N2O5S/c1-5-38-19-12-15(11-18(29)23(19)40-14(3)4)13-20-25(36)35-22(16-7-9-17(30)10-8-16)21(26(37)39-6-2)24(28(31,32)33)34-27(35)41-20/h7-14,22H,5-6H2,1-4H3/b20-13-/t22-/m1/s1. The molecule has 13 heteroatoms. The van der Waals surface area contributed by atoms with E-state index >= 15 is 0 Å². The van der Waals surface area contributed by atoms with Gasteiger partial charge in [0.05, 0.1) is 39.9 Å². The Hall–Kier alpha value is -3.09. The van der Waals surface area contributed by atoms with Gasteiger partial charge in [-0.2, -0.15) is 13.2 Å². The Balaban J connectivity index is 1.99. The Kier molecular flexibility index (Phi) is 9.35. The number of alkyl halides is 3. The van der Waals surface area contributed by atoms with Crippen LogP contribution in [0, 0.1) is 0 Å². The molecular weight excluding hydrogens is 649 g/mol. The Labute approximate surface area is 250 Å². The van der Waals surface area contributed by atoms with Crippen molar-refractivity contribution in [3.63, 3.8) is 0 Å². The average Bonchev–Trinajstić information content (AvgIpc) is 3.20. The molecule has 0 unspecified atom stereocenters. The van der Waals surface area contributed by atoms with Crippen molar-refractivity contribution in [2.45, 2.75) is 46.0 Å². The maximum absolute atomic E-state index is 14.3. The van der Waals surface area contributed by atoms with Crippen LogP contribution in [-0.2, 0) is 9.53 Å². The van der Waals surface area contributed by atoms with E-state index in [0.29, 0.717) is 33.2 Å². The predicted octanol–water partition coefficient (Wildman–Crippen LogP) is 5.94. The maximum atomic E-state index is 14.3. The quantitative estimate of drug-likeness (QED) is 0.277. The van der Waals surface area contributed by atoms with E-state index in [4.69, 9.17) is 25.8 Å². The van der Waals surface area contributed by atoms with E-state index in [-0.39, 0.29) is 27.6 Å². The number of hydrogen-bond acceptors (Lipinski definition) is 7. The molecule has 0 amide bonds. The van der Waals surface area contributed by atoms with Gasteiger partial charge in [0.15, 0.2) is 22.0 Å². The highest BCUT2D eigenvalue weighted by molar-refractivity contribution is 9.10. The molecule has 1 atom stereocenters. The lowest BCUT2D eigenvalue weighted by atomic mass is 9.95. The normalized spacial score (nSPS) is 15.6. The third kappa shape index (κ3) is 6.54. The fourth-order valence-electron chi connectivity index (χ4n) is 4.24. The second kappa shape index (κ2) is 12.4. The Morgan fingerprint density at radius 2 is 1.88 bits per heavy atom. The first kappa shape index (κ1) is 30.9. The van der Waals surface area contributed by atoms with Crippen LogP contribution in [0.2, 0.25) is 5.02 Å². The molecule has 1 aromatic heterocycles. The largest absolute Gasteiger partial charge is 0.490 e. The van der Waals surface area contributed by atoms with Gasteiger partial charge in [-0.3, -0.25) is 9.36 Å². The molecule has 0 N–H and O–H groups in total. The highest BCUT2D eigenvalue weighted by Gasteiger charge is 2.45. The maximum Gasteiger partial charge on any atom is 0.434 e. The molecule has 2 heterocycles. The van der Waals surface area contributed by atoms with Crippen LogP contribution in [0.3, 0.4) is 0 Å². The number of benzene rings is 2. The van der Waals surface area contributed by atoms with Crippen molar-refractivity contribution < 1.29 is 32.2 Å². The van der Waals surface area contributed by atoms with Gasteiger partial charge in [0, 0.05) is 5.02 Å². The van der Waals surface area contributed by atoms with Crippen molar-refractivity contribution in [1.82, 2.24) is 4.57 Å². The molecule has 0 fully saturated rings. The van der Waals surface area contributed by atoms with Gasteiger partial charge in [-0.25, -0.2) is 9.79 Å². The molecule has 0 saturated heterocycles. The summed E-state index contributed by atoms with van der Waals surface area (Å²) in [5.74, 6) is -0.307. The number of nitrogens with zero attached hydrogens (tertiary/aromatic N) is 2. The Morgan fingerprint density at radius 1 is 1.20 bits per heavy atom. The predicted molar refractivity (Wildman–Crippen MR) is 153 cm³/mol. The number of fused-ring (bicyclic) bond motifs is 1. The third-order valence-corrected chi connectivity index (χ3v) is 7.59. The van der Waals surface area contributed by atoms with Gasteiger partial charge in [-0.05, 0) is 85.1 Å². The topological polar surface area (TPSA) is 79.1 Å². The minimum absolute atomic E-state index is 0.0984. The van der Waals surface area contributed by atoms with Gasteiger partial charge < -0.3 is 14.2 Å². The van der Waals surface area contributed by atoms with Crippen molar-refractivity contribution >= 4 is 50.9 Å². The van der Waals surface area contributed by atoms with Crippen LogP contribution in [0.15, 0.2) is 61.9 Å². The highest BCUT2D eigenvalue weighted by atomic mass is 79.9. The first-order chi connectivity index (χ1) is 19.3. The summed E-state index contributed by atoms with van der Waals surface area (Å²) in [7, 11) is 0. The van der Waals surface area contributed by atoms with Gasteiger partial charge >= 0.3 is 12.1 Å².